The fourth-order valence-electron chi connectivity index (χ4n) is 2.87. The first-order valence-electron chi connectivity index (χ1n) is 7.90. The number of para-hydroxylation sites is 1. The van der Waals surface area contributed by atoms with E-state index in [1.807, 2.05) is 54.6 Å². The van der Waals surface area contributed by atoms with Gasteiger partial charge in [0.2, 0.25) is 5.89 Å². The van der Waals surface area contributed by atoms with Crippen molar-refractivity contribution >= 4 is 17.1 Å². The molecular formula is C21H15NO3. The van der Waals surface area contributed by atoms with Crippen molar-refractivity contribution in [3.8, 4) is 22.6 Å². The summed E-state index contributed by atoms with van der Waals surface area (Å²) in [4.78, 5) is 16.6. The first kappa shape index (κ1) is 15.1. The molecule has 4 nitrogen and oxygen atoms in total. The second kappa shape index (κ2) is 6.24. The summed E-state index contributed by atoms with van der Waals surface area (Å²) >= 11 is 0. The number of methoxy groups -OCH3 is 1. The van der Waals surface area contributed by atoms with Crippen LogP contribution in [0.4, 0.5) is 0 Å². The SMILES string of the molecule is COC(=O)c1ccccc1-c1nc2cccc(-c3ccccc3)c2o1. The maximum Gasteiger partial charge on any atom is 0.338 e. The zero-order valence-electron chi connectivity index (χ0n) is 13.6. The lowest BCUT2D eigenvalue weighted by Crippen LogP contribution is -2.03. The molecule has 25 heavy (non-hydrogen) atoms. The van der Waals surface area contributed by atoms with E-state index >= 15 is 0 Å². The summed E-state index contributed by atoms with van der Waals surface area (Å²) in [5.74, 6) is -0.0134. The van der Waals surface area contributed by atoms with Gasteiger partial charge in [0.15, 0.2) is 5.58 Å². The molecule has 122 valence electrons. The minimum atomic E-state index is -0.416. The number of carbonyl (C=O) groups is 1. The van der Waals surface area contributed by atoms with E-state index in [-0.39, 0.29) is 0 Å². The molecule has 0 atom stereocenters. The van der Waals surface area contributed by atoms with Crippen molar-refractivity contribution in [2.75, 3.05) is 7.11 Å². The van der Waals surface area contributed by atoms with Crippen LogP contribution in [0, 0.1) is 0 Å². The second-order valence-electron chi connectivity index (χ2n) is 5.58. The summed E-state index contributed by atoms with van der Waals surface area (Å²) in [6.45, 7) is 0. The highest BCUT2D eigenvalue weighted by molar-refractivity contribution is 5.97. The van der Waals surface area contributed by atoms with Crippen molar-refractivity contribution in [2.24, 2.45) is 0 Å². The number of oxazole rings is 1. The van der Waals surface area contributed by atoms with Crippen molar-refractivity contribution in [2.45, 2.75) is 0 Å². The quantitative estimate of drug-likeness (QED) is 0.499. The number of nitrogens with zero attached hydrogens (tertiary/aromatic N) is 1. The average Bonchev–Trinajstić information content (AvgIpc) is 3.12. The summed E-state index contributed by atoms with van der Waals surface area (Å²) in [7, 11) is 1.36. The molecule has 1 aromatic heterocycles. The van der Waals surface area contributed by atoms with Crippen molar-refractivity contribution in [1.29, 1.82) is 0 Å². The van der Waals surface area contributed by atoms with Gasteiger partial charge in [-0.15, -0.1) is 0 Å². The van der Waals surface area contributed by atoms with Crippen LogP contribution >= 0.6 is 0 Å². The largest absolute Gasteiger partial charge is 0.465 e. The van der Waals surface area contributed by atoms with E-state index in [1.54, 1.807) is 18.2 Å². The number of hydrogen-bond acceptors (Lipinski definition) is 4. The number of esters is 1. The van der Waals surface area contributed by atoms with Gasteiger partial charge in [-0.2, -0.15) is 0 Å². The van der Waals surface area contributed by atoms with Crippen LogP contribution in [0.15, 0.2) is 77.2 Å². The van der Waals surface area contributed by atoms with Crippen LogP contribution in [0.1, 0.15) is 10.4 Å². The van der Waals surface area contributed by atoms with E-state index in [1.165, 1.54) is 7.11 Å². The van der Waals surface area contributed by atoms with E-state index in [0.29, 0.717) is 22.6 Å². The summed E-state index contributed by atoms with van der Waals surface area (Å²) in [6.07, 6.45) is 0. The zero-order valence-corrected chi connectivity index (χ0v) is 13.6. The molecule has 0 saturated heterocycles. The molecule has 3 aromatic carbocycles. The summed E-state index contributed by atoms with van der Waals surface area (Å²) in [5.41, 5.74) is 4.51. The molecule has 0 aliphatic carbocycles. The molecule has 0 aliphatic heterocycles. The average molecular weight is 329 g/mol. The Bertz CT molecular complexity index is 1050. The van der Waals surface area contributed by atoms with Crippen molar-refractivity contribution in [1.82, 2.24) is 4.98 Å². The first-order chi connectivity index (χ1) is 12.3. The molecule has 0 aliphatic rings. The van der Waals surface area contributed by atoms with Gasteiger partial charge < -0.3 is 9.15 Å². The van der Waals surface area contributed by atoms with Crippen LogP contribution in [0.2, 0.25) is 0 Å². The summed E-state index contributed by atoms with van der Waals surface area (Å²) < 4.78 is 10.9. The number of rotatable bonds is 3. The minimum Gasteiger partial charge on any atom is -0.465 e. The van der Waals surface area contributed by atoms with E-state index in [9.17, 15) is 4.79 Å². The minimum absolute atomic E-state index is 0.402. The third-order valence-electron chi connectivity index (χ3n) is 4.06. The molecule has 4 heteroatoms. The van der Waals surface area contributed by atoms with Gasteiger partial charge in [-0.25, -0.2) is 9.78 Å². The molecule has 0 unspecified atom stereocenters. The smallest absolute Gasteiger partial charge is 0.338 e. The molecule has 4 aromatic rings. The molecule has 0 spiro atoms. The Morgan fingerprint density at radius 2 is 1.60 bits per heavy atom. The van der Waals surface area contributed by atoms with E-state index in [2.05, 4.69) is 4.98 Å². The highest BCUT2D eigenvalue weighted by atomic mass is 16.5. The molecule has 0 amide bonds. The molecule has 4 rings (SSSR count). The standard InChI is InChI=1S/C21H15NO3/c1-24-21(23)17-11-6-5-10-16(17)20-22-18-13-7-12-15(19(18)25-20)14-8-3-2-4-9-14/h2-13H,1H3. The number of aromatic nitrogens is 1. The topological polar surface area (TPSA) is 52.3 Å². The summed E-state index contributed by atoms with van der Waals surface area (Å²) in [5, 5.41) is 0. The first-order valence-corrected chi connectivity index (χ1v) is 7.90. The lowest BCUT2D eigenvalue weighted by Gasteiger charge is -2.04. The predicted molar refractivity (Wildman–Crippen MR) is 96.2 cm³/mol. The fourth-order valence-corrected chi connectivity index (χ4v) is 2.87. The van der Waals surface area contributed by atoms with Crippen molar-refractivity contribution in [3.05, 3.63) is 78.4 Å². The number of ether oxygens (including phenoxy) is 1. The second-order valence-corrected chi connectivity index (χ2v) is 5.58. The van der Waals surface area contributed by atoms with Gasteiger partial charge >= 0.3 is 5.97 Å². The monoisotopic (exact) mass is 329 g/mol. The Morgan fingerprint density at radius 1 is 0.880 bits per heavy atom. The van der Waals surface area contributed by atoms with Gasteiger partial charge in [0.05, 0.1) is 18.2 Å². The number of carbonyl (C=O) groups excluding carboxylic acids is 1. The zero-order chi connectivity index (χ0) is 17.2. The van der Waals surface area contributed by atoms with E-state index in [4.69, 9.17) is 9.15 Å². The predicted octanol–water partition coefficient (Wildman–Crippen LogP) is 4.95. The molecule has 1 heterocycles. The molecule has 0 fully saturated rings. The van der Waals surface area contributed by atoms with Crippen molar-refractivity contribution in [3.63, 3.8) is 0 Å². The van der Waals surface area contributed by atoms with Gasteiger partial charge in [-0.05, 0) is 23.8 Å². The van der Waals surface area contributed by atoms with Crippen LogP contribution in [0.3, 0.4) is 0 Å². The Morgan fingerprint density at radius 3 is 2.40 bits per heavy atom. The maximum absolute atomic E-state index is 12.0. The van der Waals surface area contributed by atoms with Crippen LogP contribution in [-0.4, -0.2) is 18.1 Å². The van der Waals surface area contributed by atoms with Crippen LogP contribution in [0.25, 0.3) is 33.7 Å². The van der Waals surface area contributed by atoms with Gasteiger partial charge in [0, 0.05) is 5.56 Å². The molecule has 0 N–H and O–H groups in total. The highest BCUT2D eigenvalue weighted by Gasteiger charge is 2.18. The molecular weight excluding hydrogens is 314 g/mol. The normalized spacial score (nSPS) is 10.8. The van der Waals surface area contributed by atoms with Gasteiger partial charge in [0.25, 0.3) is 0 Å². The van der Waals surface area contributed by atoms with Crippen LogP contribution < -0.4 is 0 Å². The molecule has 0 bridgehead atoms. The Balaban J connectivity index is 1.91. The van der Waals surface area contributed by atoms with Crippen molar-refractivity contribution < 1.29 is 13.9 Å². The van der Waals surface area contributed by atoms with E-state index in [0.717, 1.165) is 16.6 Å². The number of fused-ring (bicyclic) bond motifs is 1. The fraction of sp³-hybridized carbons (Fsp3) is 0.0476. The third-order valence-corrected chi connectivity index (χ3v) is 4.06. The van der Waals surface area contributed by atoms with Gasteiger partial charge in [-0.3, -0.25) is 0 Å². The number of hydrogen-bond donors (Lipinski definition) is 0. The Kier molecular flexibility index (Phi) is 3.78. The van der Waals surface area contributed by atoms with Gasteiger partial charge in [0.1, 0.15) is 5.52 Å². The molecule has 0 saturated carbocycles. The Labute approximate surface area is 144 Å². The lowest BCUT2D eigenvalue weighted by atomic mass is 10.1. The maximum atomic E-state index is 12.0. The van der Waals surface area contributed by atoms with Crippen LogP contribution in [-0.2, 0) is 4.74 Å². The number of benzene rings is 3. The van der Waals surface area contributed by atoms with E-state index < -0.39 is 5.97 Å². The van der Waals surface area contributed by atoms with Gasteiger partial charge in [-0.1, -0.05) is 54.6 Å². The van der Waals surface area contributed by atoms with Crippen LogP contribution in [0.5, 0.6) is 0 Å². The molecule has 0 radical (unpaired) electrons. The lowest BCUT2D eigenvalue weighted by molar-refractivity contribution is 0.0601. The summed E-state index contributed by atoms with van der Waals surface area (Å²) in [6, 6.07) is 23.0. The Hall–Kier alpha value is -3.40. The third kappa shape index (κ3) is 2.68. The highest BCUT2D eigenvalue weighted by Crippen LogP contribution is 2.33.